The van der Waals surface area contributed by atoms with Crippen molar-refractivity contribution in [3.8, 4) is 0 Å². The summed E-state index contributed by atoms with van der Waals surface area (Å²) < 4.78 is 5.36. The summed E-state index contributed by atoms with van der Waals surface area (Å²) in [6.07, 6.45) is 0. The Morgan fingerprint density at radius 2 is 1.73 bits per heavy atom. The molecule has 2 rings (SSSR count). The van der Waals surface area contributed by atoms with Crippen LogP contribution in [0.3, 0.4) is 0 Å². The lowest BCUT2D eigenvalue weighted by Gasteiger charge is -2.32. The largest absolute Gasteiger partial charge is 0.379 e. The molecule has 82 valence electrons. The van der Waals surface area contributed by atoms with Gasteiger partial charge in [0.25, 0.3) is 0 Å². The maximum Gasteiger partial charge on any atom is 0.0594 e. The van der Waals surface area contributed by atoms with Crippen molar-refractivity contribution in [2.45, 2.75) is 19.9 Å². The van der Waals surface area contributed by atoms with E-state index in [-0.39, 0.29) is 0 Å². The molecule has 0 saturated carbocycles. The van der Waals surface area contributed by atoms with Crippen LogP contribution >= 0.6 is 0 Å². The highest BCUT2D eigenvalue weighted by atomic mass is 16.5. The normalized spacial score (nSPS) is 20.1. The van der Waals surface area contributed by atoms with Gasteiger partial charge in [-0.05, 0) is 19.4 Å². The van der Waals surface area contributed by atoms with Crippen LogP contribution in [0.5, 0.6) is 0 Å². The molecule has 0 radical (unpaired) electrons. The van der Waals surface area contributed by atoms with Gasteiger partial charge in [0.2, 0.25) is 0 Å². The number of hydrogen-bond donors (Lipinski definition) is 0. The SMILES string of the molecule is Cc1ccc(C(C)N2CCOCC2)cc1. The molecule has 0 spiro atoms. The third-order valence-electron chi connectivity index (χ3n) is 3.15. The molecule has 1 aromatic carbocycles. The first kappa shape index (κ1) is 10.7. The van der Waals surface area contributed by atoms with Crippen LogP contribution in [-0.4, -0.2) is 31.2 Å². The van der Waals surface area contributed by atoms with E-state index in [1.807, 2.05) is 0 Å². The molecular weight excluding hydrogens is 186 g/mol. The van der Waals surface area contributed by atoms with Crippen LogP contribution in [0, 0.1) is 6.92 Å². The predicted molar refractivity (Wildman–Crippen MR) is 62.0 cm³/mol. The monoisotopic (exact) mass is 205 g/mol. The van der Waals surface area contributed by atoms with Gasteiger partial charge in [-0.15, -0.1) is 0 Å². The molecule has 2 nitrogen and oxygen atoms in total. The summed E-state index contributed by atoms with van der Waals surface area (Å²) in [5, 5.41) is 0. The maximum atomic E-state index is 5.36. The Hall–Kier alpha value is -0.860. The number of morpholine rings is 1. The second-order valence-electron chi connectivity index (χ2n) is 4.23. The first-order valence-corrected chi connectivity index (χ1v) is 5.66. The van der Waals surface area contributed by atoms with E-state index in [1.165, 1.54) is 11.1 Å². The van der Waals surface area contributed by atoms with Crippen LogP contribution in [-0.2, 0) is 4.74 Å². The van der Waals surface area contributed by atoms with Gasteiger partial charge >= 0.3 is 0 Å². The number of nitrogens with zero attached hydrogens (tertiary/aromatic N) is 1. The minimum absolute atomic E-state index is 0.509. The van der Waals surface area contributed by atoms with Gasteiger partial charge in [0.05, 0.1) is 13.2 Å². The molecule has 2 heteroatoms. The minimum Gasteiger partial charge on any atom is -0.379 e. The van der Waals surface area contributed by atoms with E-state index in [1.54, 1.807) is 0 Å². The van der Waals surface area contributed by atoms with Crippen molar-refractivity contribution in [1.82, 2.24) is 4.90 Å². The topological polar surface area (TPSA) is 12.5 Å². The Kier molecular flexibility index (Phi) is 3.39. The summed E-state index contributed by atoms with van der Waals surface area (Å²) in [4.78, 5) is 2.48. The molecule has 1 aliphatic rings. The molecule has 1 aromatic rings. The lowest BCUT2D eigenvalue weighted by Crippen LogP contribution is -2.37. The molecule has 1 fully saturated rings. The second-order valence-corrected chi connectivity index (χ2v) is 4.23. The second kappa shape index (κ2) is 4.77. The molecule has 1 saturated heterocycles. The first-order chi connectivity index (χ1) is 7.27. The van der Waals surface area contributed by atoms with Crippen LogP contribution < -0.4 is 0 Å². The van der Waals surface area contributed by atoms with Gasteiger partial charge in [-0.3, -0.25) is 4.90 Å². The summed E-state index contributed by atoms with van der Waals surface area (Å²) in [6, 6.07) is 9.35. The summed E-state index contributed by atoms with van der Waals surface area (Å²) in [6.45, 7) is 8.25. The van der Waals surface area contributed by atoms with Crippen LogP contribution in [0.2, 0.25) is 0 Å². The van der Waals surface area contributed by atoms with Crippen molar-refractivity contribution in [3.63, 3.8) is 0 Å². The van der Waals surface area contributed by atoms with E-state index in [4.69, 9.17) is 4.74 Å². The Morgan fingerprint density at radius 1 is 1.13 bits per heavy atom. The van der Waals surface area contributed by atoms with Crippen LogP contribution in [0.1, 0.15) is 24.1 Å². The standard InChI is InChI=1S/C13H19NO/c1-11-3-5-13(6-4-11)12(2)14-7-9-15-10-8-14/h3-6,12H,7-10H2,1-2H3. The molecular formula is C13H19NO. The number of benzene rings is 1. The number of rotatable bonds is 2. The van der Waals surface area contributed by atoms with Gasteiger partial charge in [0.1, 0.15) is 0 Å². The molecule has 0 amide bonds. The van der Waals surface area contributed by atoms with E-state index in [0.717, 1.165) is 26.3 Å². The van der Waals surface area contributed by atoms with Crippen molar-refractivity contribution >= 4 is 0 Å². The zero-order valence-electron chi connectivity index (χ0n) is 9.57. The highest BCUT2D eigenvalue weighted by molar-refractivity contribution is 5.23. The molecule has 1 heterocycles. The Balaban J connectivity index is 2.05. The summed E-state index contributed by atoms with van der Waals surface area (Å²) in [5.41, 5.74) is 2.73. The minimum atomic E-state index is 0.509. The Bertz CT molecular complexity index is 301. The molecule has 0 bridgehead atoms. The Morgan fingerprint density at radius 3 is 2.33 bits per heavy atom. The quantitative estimate of drug-likeness (QED) is 0.735. The van der Waals surface area contributed by atoms with Gasteiger partial charge in [0, 0.05) is 19.1 Å². The molecule has 1 aliphatic heterocycles. The smallest absolute Gasteiger partial charge is 0.0594 e. The highest BCUT2D eigenvalue weighted by Gasteiger charge is 2.17. The zero-order valence-corrected chi connectivity index (χ0v) is 9.57. The number of hydrogen-bond acceptors (Lipinski definition) is 2. The molecule has 15 heavy (non-hydrogen) atoms. The maximum absolute atomic E-state index is 5.36. The fraction of sp³-hybridized carbons (Fsp3) is 0.538. The van der Waals surface area contributed by atoms with Gasteiger partial charge in [-0.25, -0.2) is 0 Å². The van der Waals surface area contributed by atoms with Crippen molar-refractivity contribution < 1.29 is 4.74 Å². The summed E-state index contributed by atoms with van der Waals surface area (Å²) in [5.74, 6) is 0. The Labute approximate surface area is 91.9 Å². The van der Waals surface area contributed by atoms with E-state index in [9.17, 15) is 0 Å². The molecule has 0 aromatic heterocycles. The van der Waals surface area contributed by atoms with Gasteiger partial charge in [-0.1, -0.05) is 29.8 Å². The molecule has 0 N–H and O–H groups in total. The summed E-state index contributed by atoms with van der Waals surface area (Å²) >= 11 is 0. The van der Waals surface area contributed by atoms with Crippen molar-refractivity contribution in [3.05, 3.63) is 35.4 Å². The predicted octanol–water partition coefficient (Wildman–Crippen LogP) is 2.39. The number of aryl methyl sites for hydroxylation is 1. The lowest BCUT2D eigenvalue weighted by atomic mass is 10.1. The first-order valence-electron chi connectivity index (χ1n) is 5.66. The van der Waals surface area contributed by atoms with Crippen LogP contribution in [0.15, 0.2) is 24.3 Å². The van der Waals surface area contributed by atoms with Crippen molar-refractivity contribution in [2.24, 2.45) is 0 Å². The third kappa shape index (κ3) is 2.58. The van der Waals surface area contributed by atoms with E-state index in [0.29, 0.717) is 6.04 Å². The summed E-state index contributed by atoms with van der Waals surface area (Å²) in [7, 11) is 0. The third-order valence-corrected chi connectivity index (χ3v) is 3.15. The number of ether oxygens (including phenoxy) is 1. The van der Waals surface area contributed by atoms with Crippen LogP contribution in [0.25, 0.3) is 0 Å². The van der Waals surface area contributed by atoms with Gasteiger partial charge in [-0.2, -0.15) is 0 Å². The fourth-order valence-electron chi connectivity index (χ4n) is 2.02. The van der Waals surface area contributed by atoms with E-state index in [2.05, 4.69) is 43.0 Å². The fourth-order valence-corrected chi connectivity index (χ4v) is 2.02. The van der Waals surface area contributed by atoms with E-state index < -0.39 is 0 Å². The molecule has 1 unspecified atom stereocenters. The van der Waals surface area contributed by atoms with Gasteiger partial charge < -0.3 is 4.74 Å². The van der Waals surface area contributed by atoms with E-state index >= 15 is 0 Å². The highest BCUT2D eigenvalue weighted by Crippen LogP contribution is 2.21. The zero-order chi connectivity index (χ0) is 10.7. The molecule has 0 aliphatic carbocycles. The average molecular weight is 205 g/mol. The van der Waals surface area contributed by atoms with Crippen molar-refractivity contribution in [1.29, 1.82) is 0 Å². The lowest BCUT2D eigenvalue weighted by molar-refractivity contribution is 0.0198. The van der Waals surface area contributed by atoms with Gasteiger partial charge in [0.15, 0.2) is 0 Å². The molecule has 1 atom stereocenters. The van der Waals surface area contributed by atoms with Crippen molar-refractivity contribution in [2.75, 3.05) is 26.3 Å². The van der Waals surface area contributed by atoms with Crippen LogP contribution in [0.4, 0.5) is 0 Å². The average Bonchev–Trinajstić information content (AvgIpc) is 2.30.